The molecule has 4 heteroatoms. The summed E-state index contributed by atoms with van der Waals surface area (Å²) < 4.78 is 0. The van der Waals surface area contributed by atoms with Crippen molar-refractivity contribution >= 4 is 5.91 Å². The van der Waals surface area contributed by atoms with Crippen LogP contribution in [0.5, 0.6) is 0 Å². The lowest BCUT2D eigenvalue weighted by molar-refractivity contribution is -0.144. The molecule has 1 amide bonds. The zero-order chi connectivity index (χ0) is 10.7. The topological polar surface area (TPSA) is 43.8 Å². The Kier molecular flexibility index (Phi) is 3.89. The number of likely N-dealkylation sites (N-methyl/N-ethyl adjacent to an activating group) is 2. The van der Waals surface area contributed by atoms with Gasteiger partial charge in [0.25, 0.3) is 0 Å². The van der Waals surface area contributed by atoms with E-state index in [-0.39, 0.29) is 24.6 Å². The lowest BCUT2D eigenvalue weighted by Gasteiger charge is -2.42. The third-order valence-corrected chi connectivity index (χ3v) is 2.93. The van der Waals surface area contributed by atoms with E-state index < -0.39 is 0 Å². The van der Waals surface area contributed by atoms with Crippen molar-refractivity contribution in [3.05, 3.63) is 0 Å². The lowest BCUT2D eigenvalue weighted by atomic mass is 10.0. The van der Waals surface area contributed by atoms with Crippen LogP contribution in [0.4, 0.5) is 0 Å². The maximum atomic E-state index is 11.9. The molecule has 1 heterocycles. The molecule has 1 aliphatic rings. The third kappa shape index (κ3) is 2.07. The monoisotopic (exact) mass is 200 g/mol. The molecule has 1 aliphatic heterocycles. The standard InChI is InChI=1S/C10H20N2O2/c1-4-12-8(2)7-11(3)9(5-6-13)10(12)14/h8-9,13H,4-7H2,1-3H3. The van der Waals surface area contributed by atoms with E-state index in [1.807, 2.05) is 23.8 Å². The number of carbonyl (C=O) groups is 1. The van der Waals surface area contributed by atoms with Gasteiger partial charge in [0.2, 0.25) is 5.91 Å². The molecule has 2 unspecified atom stereocenters. The Bertz CT molecular complexity index is 208. The number of nitrogens with zero attached hydrogens (tertiary/aromatic N) is 2. The van der Waals surface area contributed by atoms with Gasteiger partial charge in [-0.15, -0.1) is 0 Å². The molecule has 0 aliphatic carbocycles. The highest BCUT2D eigenvalue weighted by Crippen LogP contribution is 2.16. The highest BCUT2D eigenvalue weighted by Gasteiger charge is 2.35. The second kappa shape index (κ2) is 4.75. The number of hydrogen-bond acceptors (Lipinski definition) is 3. The summed E-state index contributed by atoms with van der Waals surface area (Å²) in [6.07, 6.45) is 0.540. The van der Waals surface area contributed by atoms with Crippen LogP contribution in [0.25, 0.3) is 0 Å². The molecule has 0 aromatic heterocycles. The summed E-state index contributed by atoms with van der Waals surface area (Å²) in [5.74, 6) is 0.155. The molecule has 14 heavy (non-hydrogen) atoms. The first-order valence-electron chi connectivity index (χ1n) is 5.23. The van der Waals surface area contributed by atoms with Crippen LogP contribution in [0.15, 0.2) is 0 Å². The van der Waals surface area contributed by atoms with Crippen LogP contribution in [0.1, 0.15) is 20.3 Å². The predicted molar refractivity (Wildman–Crippen MR) is 55.0 cm³/mol. The summed E-state index contributed by atoms with van der Waals surface area (Å²) >= 11 is 0. The minimum Gasteiger partial charge on any atom is -0.396 e. The molecule has 0 radical (unpaired) electrons. The van der Waals surface area contributed by atoms with Crippen LogP contribution in [0.2, 0.25) is 0 Å². The lowest BCUT2D eigenvalue weighted by Crippen LogP contribution is -2.59. The maximum Gasteiger partial charge on any atom is 0.240 e. The van der Waals surface area contributed by atoms with Crippen LogP contribution >= 0.6 is 0 Å². The van der Waals surface area contributed by atoms with Gasteiger partial charge in [-0.25, -0.2) is 0 Å². The first-order chi connectivity index (χ1) is 6.61. The van der Waals surface area contributed by atoms with Gasteiger partial charge in [0.15, 0.2) is 0 Å². The first kappa shape index (κ1) is 11.5. The normalized spacial score (nSPS) is 29.7. The Hall–Kier alpha value is -0.610. The van der Waals surface area contributed by atoms with Gasteiger partial charge >= 0.3 is 0 Å². The Morgan fingerprint density at radius 2 is 2.21 bits per heavy atom. The van der Waals surface area contributed by atoms with Crippen molar-refractivity contribution in [3.8, 4) is 0 Å². The van der Waals surface area contributed by atoms with Crippen LogP contribution in [-0.4, -0.2) is 59.6 Å². The molecule has 0 spiro atoms. The van der Waals surface area contributed by atoms with Crippen molar-refractivity contribution in [2.24, 2.45) is 0 Å². The largest absolute Gasteiger partial charge is 0.396 e. The molecule has 0 saturated carbocycles. The number of hydrogen-bond donors (Lipinski definition) is 1. The van der Waals surface area contributed by atoms with Crippen LogP contribution in [-0.2, 0) is 4.79 Å². The number of amides is 1. The minimum atomic E-state index is -0.129. The van der Waals surface area contributed by atoms with Gasteiger partial charge in [-0.05, 0) is 27.3 Å². The summed E-state index contributed by atoms with van der Waals surface area (Å²) in [5, 5.41) is 8.88. The molecule has 0 aromatic carbocycles. The van der Waals surface area contributed by atoms with Crippen molar-refractivity contribution in [1.29, 1.82) is 0 Å². The molecule has 1 N–H and O–H groups in total. The van der Waals surface area contributed by atoms with E-state index in [4.69, 9.17) is 5.11 Å². The summed E-state index contributed by atoms with van der Waals surface area (Å²) in [4.78, 5) is 15.9. The van der Waals surface area contributed by atoms with Crippen molar-refractivity contribution in [2.75, 3.05) is 26.7 Å². The molecule has 4 nitrogen and oxygen atoms in total. The molecule has 1 fully saturated rings. The molecule has 2 atom stereocenters. The van der Waals surface area contributed by atoms with Gasteiger partial charge in [-0.3, -0.25) is 9.69 Å². The van der Waals surface area contributed by atoms with Gasteiger partial charge in [0.05, 0.1) is 6.04 Å². The van der Waals surface area contributed by atoms with E-state index in [1.54, 1.807) is 0 Å². The second-order valence-corrected chi connectivity index (χ2v) is 3.94. The van der Waals surface area contributed by atoms with E-state index in [0.717, 1.165) is 13.1 Å². The van der Waals surface area contributed by atoms with E-state index in [2.05, 4.69) is 6.92 Å². The Balaban J connectivity index is 2.72. The number of piperazine rings is 1. The number of aliphatic hydroxyl groups excluding tert-OH is 1. The smallest absolute Gasteiger partial charge is 0.240 e. The summed E-state index contributed by atoms with van der Waals surface area (Å²) in [7, 11) is 1.95. The highest BCUT2D eigenvalue weighted by atomic mass is 16.3. The second-order valence-electron chi connectivity index (χ2n) is 3.94. The average Bonchev–Trinajstić information content (AvgIpc) is 2.12. The maximum absolute atomic E-state index is 11.9. The molecule has 82 valence electrons. The number of aliphatic hydroxyl groups is 1. The molecular weight excluding hydrogens is 180 g/mol. The fraction of sp³-hybridized carbons (Fsp3) is 0.900. The number of rotatable bonds is 3. The fourth-order valence-electron chi connectivity index (χ4n) is 2.17. The quantitative estimate of drug-likeness (QED) is 0.693. The van der Waals surface area contributed by atoms with Gasteiger partial charge in [0.1, 0.15) is 0 Å². The van der Waals surface area contributed by atoms with Crippen molar-refractivity contribution in [1.82, 2.24) is 9.80 Å². The minimum absolute atomic E-state index is 0.0761. The summed E-state index contributed by atoms with van der Waals surface area (Å²) in [6, 6.07) is 0.156. The van der Waals surface area contributed by atoms with Crippen LogP contribution in [0, 0.1) is 0 Å². The highest BCUT2D eigenvalue weighted by molar-refractivity contribution is 5.83. The zero-order valence-corrected chi connectivity index (χ0v) is 9.23. The van der Waals surface area contributed by atoms with Crippen LogP contribution < -0.4 is 0 Å². The number of carbonyl (C=O) groups excluding carboxylic acids is 1. The van der Waals surface area contributed by atoms with Gasteiger partial charge in [-0.2, -0.15) is 0 Å². The predicted octanol–water partition coefficient (Wildman–Crippen LogP) is -0.0802. The van der Waals surface area contributed by atoms with Gasteiger partial charge in [0, 0.05) is 25.7 Å². The Morgan fingerprint density at radius 3 is 2.71 bits per heavy atom. The van der Waals surface area contributed by atoms with Gasteiger partial charge in [-0.1, -0.05) is 0 Å². The molecule has 0 aromatic rings. The van der Waals surface area contributed by atoms with Crippen LogP contribution in [0.3, 0.4) is 0 Å². The Labute approximate surface area is 85.5 Å². The third-order valence-electron chi connectivity index (χ3n) is 2.93. The molecule has 0 bridgehead atoms. The van der Waals surface area contributed by atoms with Crippen molar-refractivity contribution < 1.29 is 9.90 Å². The van der Waals surface area contributed by atoms with Crippen molar-refractivity contribution in [3.63, 3.8) is 0 Å². The molecule has 1 saturated heterocycles. The summed E-state index contributed by atoms with van der Waals surface area (Å²) in [6.45, 7) is 5.79. The SMILES string of the molecule is CCN1C(=O)C(CCO)N(C)CC1C. The zero-order valence-electron chi connectivity index (χ0n) is 9.23. The summed E-state index contributed by atoms with van der Waals surface area (Å²) in [5.41, 5.74) is 0. The van der Waals surface area contributed by atoms with E-state index >= 15 is 0 Å². The molecular formula is C10H20N2O2. The van der Waals surface area contributed by atoms with Gasteiger partial charge < -0.3 is 10.0 Å². The van der Waals surface area contributed by atoms with E-state index in [0.29, 0.717) is 6.42 Å². The Morgan fingerprint density at radius 1 is 1.57 bits per heavy atom. The van der Waals surface area contributed by atoms with E-state index in [9.17, 15) is 4.79 Å². The molecule has 1 rings (SSSR count). The van der Waals surface area contributed by atoms with Crippen molar-refractivity contribution in [2.45, 2.75) is 32.4 Å². The first-order valence-corrected chi connectivity index (χ1v) is 5.23. The van der Waals surface area contributed by atoms with E-state index in [1.165, 1.54) is 0 Å². The fourth-order valence-corrected chi connectivity index (χ4v) is 2.17. The average molecular weight is 200 g/mol.